The van der Waals surface area contributed by atoms with Crippen LogP contribution in [0, 0.1) is 5.82 Å². The first-order valence-corrected chi connectivity index (χ1v) is 11.1. The van der Waals surface area contributed by atoms with Crippen molar-refractivity contribution >= 4 is 10.9 Å². The van der Waals surface area contributed by atoms with Gasteiger partial charge < -0.3 is 14.5 Å². The number of benzene rings is 3. The largest absolute Gasteiger partial charge is 0.493 e. The Morgan fingerprint density at radius 2 is 1.91 bits per heavy atom. The number of hydrogen-bond donors (Lipinski definition) is 1. The molecule has 2 aliphatic rings. The maximum atomic E-state index is 14.1. The van der Waals surface area contributed by atoms with Gasteiger partial charge in [-0.3, -0.25) is 4.90 Å². The summed E-state index contributed by atoms with van der Waals surface area (Å²) in [6.45, 7) is 2.11. The molecule has 0 radical (unpaired) electrons. The molecular weight excluding hydrogens is 403 g/mol. The quantitative estimate of drug-likeness (QED) is 0.463. The third kappa shape index (κ3) is 3.16. The molecule has 4 aromatic rings. The van der Waals surface area contributed by atoms with Gasteiger partial charge in [-0.15, -0.1) is 0 Å². The van der Waals surface area contributed by atoms with Crippen LogP contribution in [0.25, 0.3) is 10.9 Å². The number of aromatic amines is 1. The van der Waals surface area contributed by atoms with Gasteiger partial charge in [-0.1, -0.05) is 36.4 Å². The fourth-order valence-corrected chi connectivity index (χ4v) is 5.25. The summed E-state index contributed by atoms with van der Waals surface area (Å²) in [5, 5.41) is 1.32. The average molecular weight is 429 g/mol. The minimum absolute atomic E-state index is 0.169. The van der Waals surface area contributed by atoms with Crippen molar-refractivity contribution in [2.24, 2.45) is 0 Å². The Balaban J connectivity index is 1.36. The topological polar surface area (TPSA) is 37.5 Å². The van der Waals surface area contributed by atoms with Crippen LogP contribution in [-0.4, -0.2) is 23.5 Å². The molecule has 6 rings (SSSR count). The molecule has 0 bridgehead atoms. The number of rotatable bonds is 4. The molecule has 0 amide bonds. The van der Waals surface area contributed by atoms with Gasteiger partial charge in [0.15, 0.2) is 11.5 Å². The summed E-state index contributed by atoms with van der Waals surface area (Å²) in [6, 6.07) is 19.8. The van der Waals surface area contributed by atoms with Gasteiger partial charge in [0.2, 0.25) is 0 Å². The predicted molar refractivity (Wildman–Crippen MR) is 123 cm³/mol. The Hall–Kier alpha value is -3.31. The number of nitrogens with one attached hydrogen (secondary N) is 1. The summed E-state index contributed by atoms with van der Waals surface area (Å²) in [4.78, 5) is 6.17. The number of fused-ring (bicyclic) bond motifs is 6. The van der Waals surface area contributed by atoms with E-state index in [2.05, 4.69) is 46.3 Å². The molecule has 1 N–H and O–H groups in total. The monoisotopic (exact) mass is 428 g/mol. The third-order valence-electron chi connectivity index (χ3n) is 6.90. The van der Waals surface area contributed by atoms with Crippen LogP contribution in [0.5, 0.6) is 11.5 Å². The van der Waals surface area contributed by atoms with Gasteiger partial charge in [0, 0.05) is 41.3 Å². The van der Waals surface area contributed by atoms with Crippen LogP contribution in [0.15, 0.2) is 60.7 Å². The first-order valence-electron chi connectivity index (χ1n) is 11.1. The molecule has 0 spiro atoms. The van der Waals surface area contributed by atoms with E-state index < -0.39 is 0 Å². The molecule has 5 heteroatoms. The summed E-state index contributed by atoms with van der Waals surface area (Å²) in [5.41, 5.74) is 7.09. The molecule has 0 fully saturated rings. The molecule has 32 heavy (non-hydrogen) atoms. The number of methoxy groups -OCH3 is 1. The van der Waals surface area contributed by atoms with Crippen molar-refractivity contribution in [3.63, 3.8) is 0 Å². The van der Waals surface area contributed by atoms with Crippen molar-refractivity contribution in [3.05, 3.63) is 94.4 Å². The zero-order valence-electron chi connectivity index (χ0n) is 18.0. The van der Waals surface area contributed by atoms with E-state index in [1.807, 2.05) is 6.07 Å². The van der Waals surface area contributed by atoms with Crippen molar-refractivity contribution in [2.75, 3.05) is 13.7 Å². The van der Waals surface area contributed by atoms with Crippen molar-refractivity contribution in [2.45, 2.75) is 32.0 Å². The van der Waals surface area contributed by atoms with Crippen LogP contribution in [0.2, 0.25) is 0 Å². The van der Waals surface area contributed by atoms with Crippen LogP contribution in [0.3, 0.4) is 0 Å². The van der Waals surface area contributed by atoms with Crippen LogP contribution in [0.4, 0.5) is 4.39 Å². The highest BCUT2D eigenvalue weighted by atomic mass is 19.1. The van der Waals surface area contributed by atoms with Gasteiger partial charge in [0.05, 0.1) is 7.11 Å². The zero-order chi connectivity index (χ0) is 21.7. The molecule has 3 aromatic carbocycles. The number of ether oxygens (including phenoxy) is 2. The van der Waals surface area contributed by atoms with Crippen LogP contribution >= 0.6 is 0 Å². The summed E-state index contributed by atoms with van der Waals surface area (Å²) < 4.78 is 25.8. The number of aromatic nitrogens is 1. The molecule has 1 unspecified atom stereocenters. The number of H-pyrrole nitrogens is 1. The maximum Gasteiger partial charge on any atom is 0.162 e. The van der Waals surface area contributed by atoms with Crippen molar-refractivity contribution in [1.29, 1.82) is 0 Å². The summed E-state index contributed by atoms with van der Waals surface area (Å²) in [7, 11) is 1.66. The highest BCUT2D eigenvalue weighted by Gasteiger charge is 2.34. The molecule has 4 nitrogen and oxygen atoms in total. The molecule has 1 atom stereocenters. The van der Waals surface area contributed by atoms with Crippen molar-refractivity contribution < 1.29 is 13.9 Å². The Kier molecular flexibility index (Phi) is 4.65. The molecule has 1 aromatic heterocycles. The van der Waals surface area contributed by atoms with Gasteiger partial charge in [-0.25, -0.2) is 4.39 Å². The van der Waals surface area contributed by atoms with Crippen LogP contribution in [-0.2, 0) is 26.0 Å². The minimum Gasteiger partial charge on any atom is -0.493 e. The second kappa shape index (κ2) is 7.68. The molecule has 0 saturated heterocycles. The normalized spacial score (nSPS) is 17.5. The number of para-hydroxylation sites is 1. The minimum atomic E-state index is -0.255. The Morgan fingerprint density at radius 3 is 2.78 bits per heavy atom. The lowest BCUT2D eigenvalue weighted by Gasteiger charge is -2.40. The van der Waals surface area contributed by atoms with E-state index in [-0.39, 0.29) is 12.4 Å². The average Bonchev–Trinajstić information content (AvgIpc) is 3.19. The van der Waals surface area contributed by atoms with Gasteiger partial charge >= 0.3 is 0 Å². The molecule has 162 valence electrons. The lowest BCUT2D eigenvalue weighted by Crippen LogP contribution is -2.39. The number of halogens is 1. The molecule has 0 aliphatic carbocycles. The van der Waals surface area contributed by atoms with Crippen LogP contribution < -0.4 is 9.47 Å². The zero-order valence-corrected chi connectivity index (χ0v) is 18.0. The summed E-state index contributed by atoms with van der Waals surface area (Å²) in [6.07, 6.45) is 1.94. The number of hydrogen-bond acceptors (Lipinski definition) is 3. The van der Waals surface area contributed by atoms with Crippen LogP contribution in [0.1, 0.15) is 34.0 Å². The maximum absolute atomic E-state index is 14.1. The molecule has 2 aliphatic heterocycles. The lowest BCUT2D eigenvalue weighted by atomic mass is 9.85. The fourth-order valence-electron chi connectivity index (χ4n) is 5.25. The second-order valence-corrected chi connectivity index (χ2v) is 8.65. The van der Waals surface area contributed by atoms with E-state index in [4.69, 9.17) is 9.47 Å². The first-order chi connectivity index (χ1) is 15.7. The fraction of sp³-hybridized carbons (Fsp3) is 0.259. The number of nitrogens with zero attached hydrogens (tertiary/aromatic N) is 1. The highest BCUT2D eigenvalue weighted by molar-refractivity contribution is 5.85. The summed E-state index contributed by atoms with van der Waals surface area (Å²) >= 11 is 0. The summed E-state index contributed by atoms with van der Waals surface area (Å²) in [5.74, 6) is 1.12. The predicted octanol–water partition coefficient (Wildman–Crippen LogP) is 5.55. The van der Waals surface area contributed by atoms with E-state index in [0.29, 0.717) is 23.1 Å². The van der Waals surface area contributed by atoms with Crippen molar-refractivity contribution in [3.8, 4) is 11.5 Å². The molecular formula is C27H25FN2O2. The first kappa shape index (κ1) is 19.4. The molecule has 3 heterocycles. The van der Waals surface area contributed by atoms with Gasteiger partial charge in [0.25, 0.3) is 0 Å². The SMILES string of the molecule is COc1cc2c(cc1OCc1ccccc1F)C1Cc3c([nH]c4ccccc34)CN1CC2. The Morgan fingerprint density at radius 1 is 1.06 bits per heavy atom. The van der Waals surface area contributed by atoms with E-state index in [1.165, 1.54) is 39.4 Å². The molecule has 0 saturated carbocycles. The Bertz CT molecular complexity index is 1310. The van der Waals surface area contributed by atoms with Gasteiger partial charge in [0.1, 0.15) is 12.4 Å². The smallest absolute Gasteiger partial charge is 0.162 e. The second-order valence-electron chi connectivity index (χ2n) is 8.65. The van der Waals surface area contributed by atoms with Gasteiger partial charge in [-0.05, 0) is 53.8 Å². The standard InChI is InChI=1S/C27H25FN2O2/c1-31-26-12-17-10-11-30-15-24-21(19-7-3-5-9-23(19)29-24)13-25(30)20(17)14-27(26)32-16-18-6-2-4-8-22(18)28/h2-9,12,14,25,29H,10-11,13,15-16H2,1H3. The Labute approximate surface area is 186 Å². The van der Waals surface area contributed by atoms with E-state index in [0.717, 1.165) is 25.9 Å². The van der Waals surface area contributed by atoms with Gasteiger partial charge in [-0.2, -0.15) is 0 Å². The van der Waals surface area contributed by atoms with Crippen molar-refractivity contribution in [1.82, 2.24) is 9.88 Å². The third-order valence-corrected chi connectivity index (χ3v) is 6.90. The van der Waals surface area contributed by atoms with E-state index in [9.17, 15) is 4.39 Å². The van der Waals surface area contributed by atoms with E-state index >= 15 is 0 Å². The highest BCUT2D eigenvalue weighted by Crippen LogP contribution is 2.44. The van der Waals surface area contributed by atoms with E-state index in [1.54, 1.807) is 19.2 Å². The lowest BCUT2D eigenvalue weighted by molar-refractivity contribution is 0.158.